The Bertz CT molecular complexity index is 579. The Balaban J connectivity index is 2.22. The smallest absolute Gasteiger partial charge is 0.335 e. The number of anilines is 2. The van der Waals surface area contributed by atoms with Crippen molar-refractivity contribution in [2.24, 2.45) is 0 Å². The maximum atomic E-state index is 10.9. The molecule has 2 N–H and O–H groups in total. The maximum absolute atomic E-state index is 10.9. The fourth-order valence-electron chi connectivity index (χ4n) is 1.68. The van der Waals surface area contributed by atoms with E-state index < -0.39 is 5.97 Å². The molecule has 0 fully saturated rings. The molecule has 0 unspecified atom stereocenters. The van der Waals surface area contributed by atoms with Gasteiger partial charge in [-0.15, -0.1) is 0 Å². The lowest BCUT2D eigenvalue weighted by Crippen LogP contribution is -2.00. The minimum atomic E-state index is -0.895. The number of hydrogen-bond donors (Lipinski definition) is 2. The van der Waals surface area contributed by atoms with Crippen molar-refractivity contribution in [2.45, 2.75) is 6.92 Å². The van der Waals surface area contributed by atoms with Crippen molar-refractivity contribution < 1.29 is 9.90 Å². The molecule has 0 amide bonds. The van der Waals surface area contributed by atoms with E-state index in [2.05, 4.69) is 27.9 Å². The van der Waals surface area contributed by atoms with E-state index in [9.17, 15) is 4.79 Å². The molecule has 2 rings (SSSR count). The highest BCUT2D eigenvalue weighted by molar-refractivity contribution is 14.1. The van der Waals surface area contributed by atoms with Gasteiger partial charge in [0.25, 0.3) is 0 Å². The highest BCUT2D eigenvalue weighted by Gasteiger charge is 2.06. The van der Waals surface area contributed by atoms with Gasteiger partial charge >= 0.3 is 5.97 Å². The molecule has 0 atom stereocenters. The third kappa shape index (κ3) is 3.01. The average Bonchev–Trinajstić information content (AvgIpc) is 2.32. The summed E-state index contributed by atoms with van der Waals surface area (Å²) < 4.78 is 1.18. The normalized spacial score (nSPS) is 10.1. The van der Waals surface area contributed by atoms with Gasteiger partial charge in [0.15, 0.2) is 0 Å². The zero-order valence-corrected chi connectivity index (χ0v) is 11.9. The third-order valence-electron chi connectivity index (χ3n) is 2.59. The minimum absolute atomic E-state index is 0.336. The van der Waals surface area contributed by atoms with Crippen molar-refractivity contribution in [1.82, 2.24) is 0 Å². The van der Waals surface area contributed by atoms with E-state index in [1.165, 1.54) is 3.57 Å². The maximum Gasteiger partial charge on any atom is 0.335 e. The van der Waals surface area contributed by atoms with Crippen LogP contribution in [0.2, 0.25) is 0 Å². The summed E-state index contributed by atoms with van der Waals surface area (Å²) in [7, 11) is 0. The van der Waals surface area contributed by atoms with E-state index in [1.54, 1.807) is 19.1 Å². The van der Waals surface area contributed by atoms with Gasteiger partial charge < -0.3 is 10.4 Å². The zero-order chi connectivity index (χ0) is 13.1. The molecule has 0 aromatic heterocycles. The van der Waals surface area contributed by atoms with E-state index in [0.29, 0.717) is 5.56 Å². The highest BCUT2D eigenvalue weighted by Crippen LogP contribution is 2.20. The van der Waals surface area contributed by atoms with Crippen LogP contribution < -0.4 is 5.32 Å². The van der Waals surface area contributed by atoms with Crippen LogP contribution in [-0.4, -0.2) is 11.1 Å². The predicted molar refractivity (Wildman–Crippen MR) is 80.6 cm³/mol. The summed E-state index contributed by atoms with van der Waals surface area (Å²) in [5, 5.41) is 12.2. The number of benzene rings is 2. The topological polar surface area (TPSA) is 49.3 Å². The SMILES string of the molecule is Cc1cc(Nc2ccc(I)cc2)ccc1C(=O)O. The van der Waals surface area contributed by atoms with Crippen molar-refractivity contribution in [2.75, 3.05) is 5.32 Å². The molecular formula is C14H12INO2. The Kier molecular flexibility index (Phi) is 3.86. The monoisotopic (exact) mass is 353 g/mol. The Morgan fingerprint density at radius 1 is 1.11 bits per heavy atom. The molecule has 18 heavy (non-hydrogen) atoms. The van der Waals surface area contributed by atoms with Crippen LogP contribution in [0.1, 0.15) is 15.9 Å². The Morgan fingerprint density at radius 3 is 2.28 bits per heavy atom. The highest BCUT2D eigenvalue weighted by atomic mass is 127. The second-order valence-corrected chi connectivity index (χ2v) is 5.21. The van der Waals surface area contributed by atoms with Gasteiger partial charge in [0.05, 0.1) is 5.56 Å². The summed E-state index contributed by atoms with van der Waals surface area (Å²) in [5.41, 5.74) is 2.96. The molecule has 4 heteroatoms. The lowest BCUT2D eigenvalue weighted by atomic mass is 10.1. The first-order valence-corrected chi connectivity index (χ1v) is 6.50. The largest absolute Gasteiger partial charge is 0.478 e. The van der Waals surface area contributed by atoms with E-state index in [-0.39, 0.29) is 0 Å². The van der Waals surface area contributed by atoms with Gasteiger partial charge in [0, 0.05) is 14.9 Å². The standard InChI is InChI=1S/C14H12INO2/c1-9-8-12(6-7-13(9)14(17)18)16-11-4-2-10(15)3-5-11/h2-8,16H,1H3,(H,17,18). The molecule has 2 aromatic carbocycles. The van der Waals surface area contributed by atoms with Crippen LogP contribution in [0.4, 0.5) is 11.4 Å². The minimum Gasteiger partial charge on any atom is -0.478 e. The molecule has 0 aliphatic rings. The lowest BCUT2D eigenvalue weighted by molar-refractivity contribution is 0.0696. The summed E-state index contributed by atoms with van der Waals surface area (Å²) in [6.45, 7) is 1.79. The molecule has 92 valence electrons. The summed E-state index contributed by atoms with van der Waals surface area (Å²) in [6.07, 6.45) is 0. The Hall–Kier alpha value is -1.56. The van der Waals surface area contributed by atoms with Crippen molar-refractivity contribution in [3.63, 3.8) is 0 Å². The number of carboxylic acids is 1. The number of hydrogen-bond acceptors (Lipinski definition) is 2. The number of carbonyl (C=O) groups is 1. The van der Waals surface area contributed by atoms with Crippen LogP contribution >= 0.6 is 22.6 Å². The summed E-state index contributed by atoms with van der Waals surface area (Å²) in [6, 6.07) is 13.2. The van der Waals surface area contributed by atoms with Gasteiger partial charge in [-0.05, 0) is 77.5 Å². The van der Waals surface area contributed by atoms with E-state index >= 15 is 0 Å². The van der Waals surface area contributed by atoms with Crippen LogP contribution in [0.15, 0.2) is 42.5 Å². The third-order valence-corrected chi connectivity index (χ3v) is 3.31. The van der Waals surface area contributed by atoms with Crippen LogP contribution in [0, 0.1) is 10.5 Å². The molecule has 0 radical (unpaired) electrons. The number of aryl methyl sites for hydroxylation is 1. The van der Waals surface area contributed by atoms with Crippen LogP contribution in [0.3, 0.4) is 0 Å². The van der Waals surface area contributed by atoms with E-state index in [0.717, 1.165) is 16.9 Å². The molecule has 0 aliphatic carbocycles. The molecule has 0 saturated heterocycles. The summed E-state index contributed by atoms with van der Waals surface area (Å²) >= 11 is 2.25. The molecule has 0 bridgehead atoms. The molecule has 2 aromatic rings. The first-order valence-electron chi connectivity index (χ1n) is 5.43. The van der Waals surface area contributed by atoms with Crippen LogP contribution in [-0.2, 0) is 0 Å². The predicted octanol–water partition coefficient (Wildman–Crippen LogP) is 4.04. The van der Waals surface area contributed by atoms with E-state index in [4.69, 9.17) is 5.11 Å². The first-order chi connectivity index (χ1) is 8.56. The van der Waals surface area contributed by atoms with E-state index in [1.807, 2.05) is 30.3 Å². The molecular weight excluding hydrogens is 341 g/mol. The van der Waals surface area contributed by atoms with Crippen molar-refractivity contribution in [3.05, 3.63) is 57.2 Å². The van der Waals surface area contributed by atoms with Crippen LogP contribution in [0.25, 0.3) is 0 Å². The average molecular weight is 353 g/mol. The van der Waals surface area contributed by atoms with Crippen LogP contribution in [0.5, 0.6) is 0 Å². The number of aromatic carboxylic acids is 1. The van der Waals surface area contributed by atoms with Gasteiger partial charge in [0.1, 0.15) is 0 Å². The fraction of sp³-hybridized carbons (Fsp3) is 0.0714. The molecule has 0 spiro atoms. The number of carboxylic acid groups (broad SMARTS) is 1. The Labute approximate surface area is 119 Å². The van der Waals surface area contributed by atoms with Gasteiger partial charge in [-0.25, -0.2) is 4.79 Å². The van der Waals surface area contributed by atoms with Gasteiger partial charge in [-0.2, -0.15) is 0 Å². The Morgan fingerprint density at radius 2 is 1.72 bits per heavy atom. The van der Waals surface area contributed by atoms with Gasteiger partial charge in [-0.1, -0.05) is 0 Å². The second kappa shape index (κ2) is 5.39. The van der Waals surface area contributed by atoms with Crippen molar-refractivity contribution >= 4 is 39.9 Å². The molecule has 3 nitrogen and oxygen atoms in total. The van der Waals surface area contributed by atoms with Crippen molar-refractivity contribution in [1.29, 1.82) is 0 Å². The fourth-order valence-corrected chi connectivity index (χ4v) is 2.04. The number of nitrogens with one attached hydrogen (secondary N) is 1. The first kappa shape index (κ1) is 12.9. The molecule has 0 heterocycles. The van der Waals surface area contributed by atoms with Crippen molar-refractivity contribution in [3.8, 4) is 0 Å². The second-order valence-electron chi connectivity index (χ2n) is 3.97. The summed E-state index contributed by atoms with van der Waals surface area (Å²) in [4.78, 5) is 10.9. The molecule has 0 aliphatic heterocycles. The number of halogens is 1. The van der Waals surface area contributed by atoms with Gasteiger partial charge in [-0.3, -0.25) is 0 Å². The number of rotatable bonds is 3. The lowest BCUT2D eigenvalue weighted by Gasteiger charge is -2.08. The zero-order valence-electron chi connectivity index (χ0n) is 9.77. The summed E-state index contributed by atoms with van der Waals surface area (Å²) in [5.74, 6) is -0.895. The quantitative estimate of drug-likeness (QED) is 0.819. The van der Waals surface area contributed by atoms with Gasteiger partial charge in [0.2, 0.25) is 0 Å². The molecule has 0 saturated carbocycles.